The maximum Gasteiger partial charge on any atom is 0.226 e. The second-order valence-electron chi connectivity index (χ2n) is 6.64. The van der Waals surface area contributed by atoms with E-state index in [-0.39, 0.29) is 0 Å². The summed E-state index contributed by atoms with van der Waals surface area (Å²) in [7, 11) is 5.29. The quantitative estimate of drug-likeness (QED) is 0.567. The normalized spacial score (nSPS) is 10.4. The highest BCUT2D eigenvalue weighted by Crippen LogP contribution is 2.27. The molecular formula is C22H27N5O2. The lowest BCUT2D eigenvalue weighted by atomic mass is 10.1. The third-order valence-corrected chi connectivity index (χ3v) is 4.64. The molecule has 0 aliphatic carbocycles. The van der Waals surface area contributed by atoms with E-state index in [9.17, 15) is 0 Å². The van der Waals surface area contributed by atoms with Crippen LogP contribution in [0.25, 0.3) is 0 Å². The second-order valence-corrected chi connectivity index (χ2v) is 6.64. The number of hydrogen-bond donors (Lipinski definition) is 1. The lowest BCUT2D eigenvalue weighted by Gasteiger charge is -2.17. The average Bonchev–Trinajstić information content (AvgIpc) is 2.78. The van der Waals surface area contributed by atoms with E-state index < -0.39 is 0 Å². The van der Waals surface area contributed by atoms with Crippen LogP contribution < -0.4 is 19.7 Å². The van der Waals surface area contributed by atoms with Crippen molar-refractivity contribution in [1.29, 1.82) is 0 Å². The molecule has 1 aromatic carbocycles. The summed E-state index contributed by atoms with van der Waals surface area (Å²) in [4.78, 5) is 15.1. The number of likely N-dealkylation sites (N-methyl/N-ethyl adjacent to an activating group) is 1. The van der Waals surface area contributed by atoms with Crippen LogP contribution in [0.3, 0.4) is 0 Å². The smallest absolute Gasteiger partial charge is 0.226 e. The summed E-state index contributed by atoms with van der Waals surface area (Å²) in [6, 6.07) is 11.9. The number of aromatic nitrogens is 3. The molecule has 29 heavy (non-hydrogen) atoms. The van der Waals surface area contributed by atoms with Crippen molar-refractivity contribution in [3.63, 3.8) is 0 Å². The SMILES string of the molecule is COc1ccc(CCNc2ccnc(N(C)CCc3ccncc3)n2)cc1OC. The van der Waals surface area contributed by atoms with Crippen molar-refractivity contribution in [2.45, 2.75) is 12.8 Å². The Morgan fingerprint density at radius 2 is 1.69 bits per heavy atom. The Labute approximate surface area is 171 Å². The molecule has 3 rings (SSSR count). The topological polar surface area (TPSA) is 72.4 Å². The zero-order chi connectivity index (χ0) is 20.5. The van der Waals surface area contributed by atoms with Crippen molar-refractivity contribution in [2.75, 3.05) is 44.6 Å². The molecule has 0 spiro atoms. The molecular weight excluding hydrogens is 366 g/mol. The average molecular weight is 393 g/mol. The molecule has 2 aromatic heterocycles. The minimum Gasteiger partial charge on any atom is -0.493 e. The molecule has 152 valence electrons. The molecule has 0 bridgehead atoms. The van der Waals surface area contributed by atoms with Gasteiger partial charge in [0.05, 0.1) is 14.2 Å². The van der Waals surface area contributed by atoms with Gasteiger partial charge in [-0.3, -0.25) is 4.98 Å². The van der Waals surface area contributed by atoms with Gasteiger partial charge in [-0.05, 0) is 54.3 Å². The van der Waals surface area contributed by atoms with Crippen LogP contribution in [0, 0.1) is 0 Å². The monoisotopic (exact) mass is 393 g/mol. The Balaban J connectivity index is 1.53. The summed E-state index contributed by atoms with van der Waals surface area (Å²) in [6.07, 6.45) is 7.17. The summed E-state index contributed by atoms with van der Waals surface area (Å²) in [6.45, 7) is 1.59. The van der Waals surface area contributed by atoms with Gasteiger partial charge in [-0.25, -0.2) is 4.98 Å². The van der Waals surface area contributed by atoms with Gasteiger partial charge in [0, 0.05) is 38.7 Å². The van der Waals surface area contributed by atoms with Gasteiger partial charge < -0.3 is 19.7 Å². The maximum absolute atomic E-state index is 5.36. The number of pyridine rings is 1. The molecule has 3 aromatic rings. The Hall–Kier alpha value is -3.35. The first kappa shape index (κ1) is 20.4. The van der Waals surface area contributed by atoms with Crippen molar-refractivity contribution in [1.82, 2.24) is 15.0 Å². The van der Waals surface area contributed by atoms with Gasteiger partial charge in [0.15, 0.2) is 11.5 Å². The minimum atomic E-state index is 0.704. The summed E-state index contributed by atoms with van der Waals surface area (Å²) in [5.41, 5.74) is 2.41. The van der Waals surface area contributed by atoms with E-state index in [0.717, 1.165) is 43.2 Å². The maximum atomic E-state index is 5.36. The minimum absolute atomic E-state index is 0.704. The van der Waals surface area contributed by atoms with Crippen LogP contribution in [-0.4, -0.2) is 49.3 Å². The molecule has 0 unspecified atom stereocenters. The fourth-order valence-electron chi connectivity index (χ4n) is 2.95. The Morgan fingerprint density at radius 3 is 2.45 bits per heavy atom. The van der Waals surface area contributed by atoms with Gasteiger partial charge in [-0.2, -0.15) is 4.98 Å². The largest absolute Gasteiger partial charge is 0.493 e. The van der Waals surface area contributed by atoms with Gasteiger partial charge >= 0.3 is 0 Å². The van der Waals surface area contributed by atoms with E-state index >= 15 is 0 Å². The molecule has 7 heteroatoms. The molecule has 0 aliphatic rings. The van der Waals surface area contributed by atoms with Crippen LogP contribution in [0.2, 0.25) is 0 Å². The van der Waals surface area contributed by atoms with Crippen LogP contribution >= 0.6 is 0 Å². The highest BCUT2D eigenvalue weighted by Gasteiger charge is 2.07. The first-order valence-electron chi connectivity index (χ1n) is 9.57. The molecule has 0 radical (unpaired) electrons. The zero-order valence-electron chi connectivity index (χ0n) is 17.1. The Morgan fingerprint density at radius 1 is 0.897 bits per heavy atom. The lowest BCUT2D eigenvalue weighted by molar-refractivity contribution is 0.354. The van der Waals surface area contributed by atoms with Gasteiger partial charge in [0.25, 0.3) is 0 Å². The third-order valence-electron chi connectivity index (χ3n) is 4.64. The summed E-state index contributed by atoms with van der Waals surface area (Å²) < 4.78 is 10.6. The number of methoxy groups -OCH3 is 2. The summed E-state index contributed by atoms with van der Waals surface area (Å²) in [5.74, 6) is 2.99. The van der Waals surface area contributed by atoms with Crippen molar-refractivity contribution in [2.24, 2.45) is 0 Å². The van der Waals surface area contributed by atoms with Gasteiger partial charge in [-0.15, -0.1) is 0 Å². The van der Waals surface area contributed by atoms with Crippen LogP contribution in [0.4, 0.5) is 11.8 Å². The standard InChI is InChI=1S/C22H27N5O2/c1-27(15-10-17-6-11-23-12-7-17)22-25-14-9-21(26-22)24-13-8-18-4-5-19(28-2)20(16-18)29-3/h4-7,9,11-12,14,16H,8,10,13,15H2,1-3H3,(H,24,25,26). The molecule has 0 atom stereocenters. The zero-order valence-corrected chi connectivity index (χ0v) is 17.1. The molecule has 0 aliphatic heterocycles. The highest BCUT2D eigenvalue weighted by molar-refractivity contribution is 5.44. The van der Waals surface area contributed by atoms with Crippen LogP contribution in [-0.2, 0) is 12.8 Å². The van der Waals surface area contributed by atoms with Crippen molar-refractivity contribution in [3.8, 4) is 11.5 Å². The van der Waals surface area contributed by atoms with Gasteiger partial charge in [0.1, 0.15) is 5.82 Å². The fraction of sp³-hybridized carbons (Fsp3) is 0.318. The second kappa shape index (κ2) is 10.3. The Bertz CT molecular complexity index is 905. The predicted octanol–water partition coefficient (Wildman–Crippen LogP) is 3.22. The molecule has 2 heterocycles. The molecule has 0 amide bonds. The van der Waals surface area contributed by atoms with Crippen LogP contribution in [0.5, 0.6) is 11.5 Å². The number of benzene rings is 1. The van der Waals surface area contributed by atoms with E-state index in [1.54, 1.807) is 20.4 Å². The molecule has 0 saturated heterocycles. The van der Waals surface area contributed by atoms with Gasteiger partial charge in [-0.1, -0.05) is 6.07 Å². The fourth-order valence-corrected chi connectivity index (χ4v) is 2.95. The van der Waals surface area contributed by atoms with E-state index in [0.29, 0.717) is 5.95 Å². The number of rotatable bonds is 10. The van der Waals surface area contributed by atoms with Crippen molar-refractivity contribution in [3.05, 3.63) is 66.1 Å². The van der Waals surface area contributed by atoms with E-state index in [4.69, 9.17) is 9.47 Å². The van der Waals surface area contributed by atoms with Crippen molar-refractivity contribution < 1.29 is 9.47 Å². The van der Waals surface area contributed by atoms with Crippen LogP contribution in [0.1, 0.15) is 11.1 Å². The number of hydrogen-bond acceptors (Lipinski definition) is 7. The number of ether oxygens (including phenoxy) is 2. The number of nitrogens with zero attached hydrogens (tertiary/aromatic N) is 4. The van der Waals surface area contributed by atoms with Crippen molar-refractivity contribution >= 4 is 11.8 Å². The Kier molecular flexibility index (Phi) is 7.22. The predicted molar refractivity (Wildman–Crippen MR) is 115 cm³/mol. The first-order valence-corrected chi connectivity index (χ1v) is 9.57. The molecule has 7 nitrogen and oxygen atoms in total. The first-order chi connectivity index (χ1) is 14.2. The van der Waals surface area contributed by atoms with E-state index in [2.05, 4.69) is 25.2 Å². The summed E-state index contributed by atoms with van der Waals surface area (Å²) >= 11 is 0. The number of nitrogens with one attached hydrogen (secondary N) is 1. The molecule has 0 saturated carbocycles. The summed E-state index contributed by atoms with van der Waals surface area (Å²) in [5, 5.41) is 3.37. The number of anilines is 2. The third kappa shape index (κ3) is 5.81. The molecule has 1 N–H and O–H groups in total. The van der Waals surface area contributed by atoms with Crippen LogP contribution in [0.15, 0.2) is 55.0 Å². The van der Waals surface area contributed by atoms with E-state index in [1.165, 1.54) is 11.1 Å². The lowest BCUT2D eigenvalue weighted by Crippen LogP contribution is -2.23. The highest BCUT2D eigenvalue weighted by atomic mass is 16.5. The van der Waals surface area contributed by atoms with E-state index in [1.807, 2.05) is 55.8 Å². The molecule has 0 fully saturated rings. The van der Waals surface area contributed by atoms with Gasteiger partial charge in [0.2, 0.25) is 5.95 Å².